The topological polar surface area (TPSA) is 78.9 Å². The summed E-state index contributed by atoms with van der Waals surface area (Å²) in [6.45, 7) is 4.51. The largest absolute Gasteiger partial charge is 0.494 e. The van der Waals surface area contributed by atoms with Gasteiger partial charge in [0.05, 0.1) is 6.61 Å². The van der Waals surface area contributed by atoms with Gasteiger partial charge in [0, 0.05) is 12.2 Å². The molecule has 1 aromatic carbocycles. The Morgan fingerprint density at radius 1 is 1.38 bits per heavy atom. The fourth-order valence-corrected chi connectivity index (χ4v) is 2.50. The van der Waals surface area contributed by atoms with E-state index in [1.54, 1.807) is 31.2 Å². The van der Waals surface area contributed by atoms with Crippen molar-refractivity contribution >= 4 is 17.7 Å². The molecule has 2 rings (SSSR count). The number of nitrogens with one attached hydrogen (secondary N) is 1. The fourth-order valence-electron chi connectivity index (χ4n) is 2.50. The maximum absolute atomic E-state index is 12.3. The predicted octanol–water partition coefficient (Wildman–Crippen LogP) is 2.56. The second-order valence-electron chi connectivity index (χ2n) is 5.22. The summed E-state index contributed by atoms with van der Waals surface area (Å²) in [7, 11) is 0. The van der Waals surface area contributed by atoms with Crippen LogP contribution in [0.1, 0.15) is 26.7 Å². The van der Waals surface area contributed by atoms with Gasteiger partial charge in [-0.15, -0.1) is 0 Å². The first-order valence-electron chi connectivity index (χ1n) is 7.02. The molecule has 1 atom stereocenters. The Balaban J connectivity index is 2.05. The summed E-state index contributed by atoms with van der Waals surface area (Å²) in [6.07, 6.45) is 1.17. The highest BCUT2D eigenvalue weighted by Gasteiger charge is 2.45. The molecule has 1 saturated heterocycles. The van der Waals surface area contributed by atoms with Crippen molar-refractivity contribution in [1.82, 2.24) is 4.90 Å². The van der Waals surface area contributed by atoms with Crippen molar-refractivity contribution in [1.29, 1.82) is 0 Å². The van der Waals surface area contributed by atoms with E-state index < -0.39 is 11.5 Å². The molecule has 0 bridgehead atoms. The molecule has 0 saturated carbocycles. The number of likely N-dealkylation sites (tertiary alicyclic amines) is 1. The summed E-state index contributed by atoms with van der Waals surface area (Å²) < 4.78 is 5.33. The molecule has 1 fully saturated rings. The monoisotopic (exact) mass is 292 g/mol. The molecule has 2 N–H and O–H groups in total. The van der Waals surface area contributed by atoms with Crippen LogP contribution < -0.4 is 10.1 Å². The number of hydrogen-bond acceptors (Lipinski definition) is 3. The lowest BCUT2D eigenvalue weighted by Gasteiger charge is -2.31. The molecule has 1 heterocycles. The minimum absolute atomic E-state index is 0.387. The van der Waals surface area contributed by atoms with Gasteiger partial charge < -0.3 is 20.1 Å². The molecule has 0 spiro atoms. The first kappa shape index (κ1) is 15.2. The van der Waals surface area contributed by atoms with Crippen molar-refractivity contribution in [3.05, 3.63) is 24.3 Å². The van der Waals surface area contributed by atoms with Crippen LogP contribution in [0, 0.1) is 0 Å². The van der Waals surface area contributed by atoms with Gasteiger partial charge in [0.1, 0.15) is 11.3 Å². The van der Waals surface area contributed by atoms with Gasteiger partial charge in [0.25, 0.3) is 0 Å². The van der Waals surface area contributed by atoms with E-state index >= 15 is 0 Å². The quantitative estimate of drug-likeness (QED) is 0.894. The van der Waals surface area contributed by atoms with Crippen LogP contribution in [0.2, 0.25) is 0 Å². The van der Waals surface area contributed by atoms with E-state index in [0.717, 1.165) is 5.75 Å². The molecular weight excluding hydrogens is 272 g/mol. The zero-order valence-electron chi connectivity index (χ0n) is 12.3. The average molecular weight is 292 g/mol. The van der Waals surface area contributed by atoms with Gasteiger partial charge in [-0.3, -0.25) is 0 Å². The molecule has 1 aromatic rings. The minimum Gasteiger partial charge on any atom is -0.494 e. The lowest BCUT2D eigenvalue weighted by Crippen LogP contribution is -2.52. The Morgan fingerprint density at radius 2 is 2.05 bits per heavy atom. The number of aliphatic carboxylic acids is 1. The van der Waals surface area contributed by atoms with Crippen LogP contribution in [0.15, 0.2) is 24.3 Å². The van der Waals surface area contributed by atoms with Crippen LogP contribution in [-0.4, -0.2) is 40.7 Å². The van der Waals surface area contributed by atoms with E-state index in [-0.39, 0.29) is 6.03 Å². The third kappa shape index (κ3) is 3.09. The third-order valence-electron chi connectivity index (χ3n) is 3.76. The standard InChI is InChI=1S/C15H20N2O4/c1-3-21-12-7-5-11(6-8-12)16-14(20)17-10-4-9-15(17,2)13(18)19/h5-8H,3-4,9-10H2,1-2H3,(H,16,20)(H,18,19). The van der Waals surface area contributed by atoms with E-state index in [2.05, 4.69) is 5.32 Å². The Bertz CT molecular complexity index is 529. The van der Waals surface area contributed by atoms with Crippen molar-refractivity contribution in [2.24, 2.45) is 0 Å². The molecule has 0 radical (unpaired) electrons. The van der Waals surface area contributed by atoms with E-state index in [4.69, 9.17) is 4.74 Å². The maximum atomic E-state index is 12.3. The van der Waals surface area contributed by atoms with Gasteiger partial charge in [-0.25, -0.2) is 9.59 Å². The van der Waals surface area contributed by atoms with E-state index in [1.165, 1.54) is 4.90 Å². The lowest BCUT2D eigenvalue weighted by molar-refractivity contribution is -0.146. The first-order valence-corrected chi connectivity index (χ1v) is 7.02. The molecule has 1 aliphatic rings. The normalized spacial score (nSPS) is 21.1. The third-order valence-corrected chi connectivity index (χ3v) is 3.76. The van der Waals surface area contributed by atoms with Crippen LogP contribution in [0.4, 0.5) is 10.5 Å². The van der Waals surface area contributed by atoms with Crippen LogP contribution in [0.25, 0.3) is 0 Å². The van der Waals surface area contributed by atoms with Crippen LogP contribution in [0.3, 0.4) is 0 Å². The summed E-state index contributed by atoms with van der Waals surface area (Å²) in [4.78, 5) is 25.0. The number of rotatable bonds is 4. The van der Waals surface area contributed by atoms with Gasteiger partial charge in [-0.05, 0) is 51.0 Å². The second kappa shape index (κ2) is 6.03. The number of hydrogen-bond donors (Lipinski definition) is 2. The molecule has 21 heavy (non-hydrogen) atoms. The predicted molar refractivity (Wildman–Crippen MR) is 78.6 cm³/mol. The van der Waals surface area contributed by atoms with Crippen molar-refractivity contribution in [3.63, 3.8) is 0 Å². The number of carbonyl (C=O) groups excluding carboxylic acids is 1. The molecule has 1 aliphatic heterocycles. The van der Waals surface area contributed by atoms with Crippen LogP contribution in [0.5, 0.6) is 5.75 Å². The lowest BCUT2D eigenvalue weighted by atomic mass is 10.00. The molecular formula is C15H20N2O4. The smallest absolute Gasteiger partial charge is 0.329 e. The molecule has 0 aliphatic carbocycles. The first-order chi connectivity index (χ1) is 9.97. The van der Waals surface area contributed by atoms with Gasteiger partial charge in [-0.2, -0.15) is 0 Å². The molecule has 6 nitrogen and oxygen atoms in total. The van der Waals surface area contributed by atoms with E-state index in [0.29, 0.717) is 31.7 Å². The number of carboxylic acid groups (broad SMARTS) is 1. The van der Waals surface area contributed by atoms with Gasteiger partial charge in [0.15, 0.2) is 0 Å². The van der Waals surface area contributed by atoms with Gasteiger partial charge in [0.2, 0.25) is 0 Å². The average Bonchev–Trinajstić information content (AvgIpc) is 2.85. The summed E-state index contributed by atoms with van der Waals surface area (Å²) in [5.74, 6) is -0.242. The van der Waals surface area contributed by atoms with E-state index in [1.807, 2.05) is 6.92 Å². The summed E-state index contributed by atoms with van der Waals surface area (Å²) >= 11 is 0. The number of urea groups is 1. The van der Waals surface area contributed by atoms with E-state index in [9.17, 15) is 14.7 Å². The molecule has 6 heteroatoms. The Labute approximate surface area is 123 Å². The number of ether oxygens (including phenoxy) is 1. The number of anilines is 1. The second-order valence-corrected chi connectivity index (χ2v) is 5.22. The SMILES string of the molecule is CCOc1ccc(NC(=O)N2CCCC2(C)C(=O)O)cc1. The fraction of sp³-hybridized carbons (Fsp3) is 0.467. The van der Waals surface area contributed by atoms with Gasteiger partial charge >= 0.3 is 12.0 Å². The number of carbonyl (C=O) groups is 2. The highest BCUT2D eigenvalue weighted by atomic mass is 16.5. The Kier molecular flexibility index (Phi) is 4.35. The number of carboxylic acids is 1. The molecule has 1 unspecified atom stereocenters. The van der Waals surface area contributed by atoms with Gasteiger partial charge in [-0.1, -0.05) is 0 Å². The highest BCUT2D eigenvalue weighted by molar-refractivity contribution is 5.94. The zero-order chi connectivity index (χ0) is 15.5. The number of nitrogens with zero attached hydrogens (tertiary/aromatic N) is 1. The van der Waals surface area contributed by atoms with Crippen molar-refractivity contribution in [2.45, 2.75) is 32.2 Å². The maximum Gasteiger partial charge on any atom is 0.329 e. The number of amides is 2. The molecule has 0 aromatic heterocycles. The Hall–Kier alpha value is -2.24. The van der Waals surface area contributed by atoms with Crippen molar-refractivity contribution < 1.29 is 19.4 Å². The van der Waals surface area contributed by atoms with Crippen molar-refractivity contribution in [3.8, 4) is 5.75 Å². The highest BCUT2D eigenvalue weighted by Crippen LogP contribution is 2.30. The minimum atomic E-state index is -1.13. The summed E-state index contributed by atoms with van der Waals surface area (Å²) in [5, 5.41) is 12.0. The van der Waals surface area contributed by atoms with Crippen LogP contribution in [-0.2, 0) is 4.79 Å². The zero-order valence-corrected chi connectivity index (χ0v) is 12.3. The molecule has 2 amide bonds. The van der Waals surface area contributed by atoms with Crippen molar-refractivity contribution in [2.75, 3.05) is 18.5 Å². The Morgan fingerprint density at radius 3 is 2.62 bits per heavy atom. The summed E-state index contributed by atoms with van der Waals surface area (Å²) in [5.41, 5.74) is -0.516. The van der Waals surface area contributed by atoms with Crippen LogP contribution >= 0.6 is 0 Å². The summed E-state index contributed by atoms with van der Waals surface area (Å²) in [6, 6.07) is 6.61. The molecule has 114 valence electrons. The number of benzene rings is 1.